The smallest absolute Gasteiger partial charge is 0.328 e. The number of fused-ring (bicyclic) bond motifs is 1. The summed E-state index contributed by atoms with van der Waals surface area (Å²) in [7, 11) is 3.45. The van der Waals surface area contributed by atoms with Gasteiger partial charge < -0.3 is 9.42 Å². The summed E-state index contributed by atoms with van der Waals surface area (Å²) in [6, 6.07) is 7.31. The molecular formula is C21H22N6O3S. The molecule has 1 saturated heterocycles. The quantitative estimate of drug-likeness (QED) is 0.488. The van der Waals surface area contributed by atoms with E-state index < -0.39 is 0 Å². The average molecular weight is 439 g/mol. The molecule has 1 fully saturated rings. The third-order valence-electron chi connectivity index (χ3n) is 5.98. The van der Waals surface area contributed by atoms with Crippen LogP contribution in [0.1, 0.15) is 40.5 Å². The molecule has 4 heterocycles. The first-order chi connectivity index (χ1) is 14.9. The fraction of sp³-hybridized carbons (Fsp3) is 0.381. The number of aryl methyl sites for hydroxylation is 3. The second-order valence-electron chi connectivity index (χ2n) is 8.01. The molecule has 0 N–H and O–H groups in total. The van der Waals surface area contributed by atoms with Gasteiger partial charge in [0.15, 0.2) is 5.76 Å². The van der Waals surface area contributed by atoms with Gasteiger partial charge in [-0.2, -0.15) is 0 Å². The number of aromatic nitrogens is 5. The normalized spacial score (nSPS) is 16.9. The van der Waals surface area contributed by atoms with Gasteiger partial charge in [-0.15, -0.1) is 5.10 Å². The molecule has 5 rings (SSSR count). The van der Waals surface area contributed by atoms with E-state index in [1.54, 1.807) is 35.4 Å². The summed E-state index contributed by atoms with van der Waals surface area (Å²) in [5.41, 5.74) is 3.69. The van der Waals surface area contributed by atoms with Gasteiger partial charge in [0.1, 0.15) is 4.88 Å². The van der Waals surface area contributed by atoms with E-state index in [2.05, 4.69) is 14.7 Å². The van der Waals surface area contributed by atoms with Gasteiger partial charge in [0.05, 0.1) is 22.4 Å². The number of piperidine rings is 1. The van der Waals surface area contributed by atoms with Crippen molar-refractivity contribution in [3.63, 3.8) is 0 Å². The Bertz CT molecular complexity index is 1350. The molecule has 1 aliphatic heterocycles. The first-order valence-electron chi connectivity index (χ1n) is 10.1. The molecule has 3 aromatic heterocycles. The maximum Gasteiger partial charge on any atom is 0.328 e. The van der Waals surface area contributed by atoms with E-state index in [4.69, 9.17) is 4.52 Å². The minimum atomic E-state index is -0.108. The van der Waals surface area contributed by atoms with Crippen LogP contribution in [0.5, 0.6) is 0 Å². The first-order valence-corrected chi connectivity index (χ1v) is 10.9. The highest BCUT2D eigenvalue weighted by molar-refractivity contribution is 7.09. The van der Waals surface area contributed by atoms with Crippen LogP contribution in [0.4, 0.5) is 0 Å². The molecule has 9 nitrogen and oxygen atoms in total. The predicted molar refractivity (Wildman–Crippen MR) is 116 cm³/mol. The van der Waals surface area contributed by atoms with E-state index in [0.29, 0.717) is 24.4 Å². The first kappa shape index (κ1) is 19.7. The van der Waals surface area contributed by atoms with Crippen LogP contribution in [0, 0.1) is 6.92 Å². The van der Waals surface area contributed by atoms with Crippen molar-refractivity contribution in [1.29, 1.82) is 0 Å². The highest BCUT2D eigenvalue weighted by Crippen LogP contribution is 2.36. The van der Waals surface area contributed by atoms with Crippen molar-refractivity contribution in [1.82, 2.24) is 28.8 Å². The van der Waals surface area contributed by atoms with Crippen LogP contribution in [0.2, 0.25) is 0 Å². The lowest BCUT2D eigenvalue weighted by molar-refractivity contribution is 0.0706. The van der Waals surface area contributed by atoms with Gasteiger partial charge in [0.2, 0.25) is 0 Å². The Morgan fingerprint density at radius 1 is 1.19 bits per heavy atom. The van der Waals surface area contributed by atoms with Crippen LogP contribution < -0.4 is 5.69 Å². The molecule has 0 unspecified atom stereocenters. The number of carbonyl (C=O) groups excluding carboxylic acids is 1. The molecule has 1 aromatic carbocycles. The molecule has 31 heavy (non-hydrogen) atoms. The lowest BCUT2D eigenvalue weighted by Crippen LogP contribution is -2.39. The van der Waals surface area contributed by atoms with E-state index in [1.807, 2.05) is 24.0 Å². The maximum absolute atomic E-state index is 13.3. The molecular weight excluding hydrogens is 416 g/mol. The Kier molecular flexibility index (Phi) is 4.73. The Labute approximate surface area is 182 Å². The van der Waals surface area contributed by atoms with Crippen LogP contribution in [0.3, 0.4) is 0 Å². The van der Waals surface area contributed by atoms with Crippen molar-refractivity contribution in [3.05, 3.63) is 51.7 Å². The molecule has 0 saturated carbocycles. The second kappa shape index (κ2) is 7.45. The largest absolute Gasteiger partial charge is 0.355 e. The van der Waals surface area contributed by atoms with E-state index in [-0.39, 0.29) is 17.5 Å². The van der Waals surface area contributed by atoms with Crippen molar-refractivity contribution < 1.29 is 9.32 Å². The van der Waals surface area contributed by atoms with Gasteiger partial charge >= 0.3 is 5.69 Å². The molecule has 10 heteroatoms. The van der Waals surface area contributed by atoms with Crippen molar-refractivity contribution in [2.45, 2.75) is 25.7 Å². The molecule has 1 atom stereocenters. The molecule has 0 radical (unpaired) electrons. The summed E-state index contributed by atoms with van der Waals surface area (Å²) in [5, 5.41) is 8.33. The molecule has 0 spiro atoms. The average Bonchev–Trinajstić information content (AvgIpc) is 3.49. The molecule has 1 amide bonds. The van der Waals surface area contributed by atoms with Gasteiger partial charge in [0.25, 0.3) is 5.91 Å². The second-order valence-corrected chi connectivity index (χ2v) is 8.77. The van der Waals surface area contributed by atoms with E-state index in [1.165, 1.54) is 11.5 Å². The Morgan fingerprint density at radius 2 is 2.00 bits per heavy atom. The summed E-state index contributed by atoms with van der Waals surface area (Å²) < 4.78 is 12.7. The topological polar surface area (TPSA) is 99.1 Å². The molecule has 0 bridgehead atoms. The maximum atomic E-state index is 13.3. The van der Waals surface area contributed by atoms with Crippen LogP contribution >= 0.6 is 11.5 Å². The predicted octanol–water partition coefficient (Wildman–Crippen LogP) is 2.71. The van der Waals surface area contributed by atoms with Crippen molar-refractivity contribution in [3.8, 4) is 10.6 Å². The van der Waals surface area contributed by atoms with Crippen LogP contribution in [-0.2, 0) is 14.1 Å². The highest BCUT2D eigenvalue weighted by atomic mass is 32.1. The summed E-state index contributed by atoms with van der Waals surface area (Å²) in [5.74, 6) is 0.714. The standard InChI is InChI=1S/C21H22N6O3S/c1-12-9-17(30-23-12)19-18(22-24-31-19)14-5-4-8-27(11-14)20(28)13-6-7-15-16(10-13)26(3)21(29)25(15)2/h6-7,9-10,14H,4-5,8,11H2,1-3H3/t14-/m1/s1. The Morgan fingerprint density at radius 3 is 2.77 bits per heavy atom. The van der Waals surface area contributed by atoms with E-state index in [0.717, 1.165) is 40.1 Å². The molecule has 160 valence electrons. The zero-order chi connectivity index (χ0) is 21.7. The third kappa shape index (κ3) is 3.27. The van der Waals surface area contributed by atoms with Crippen LogP contribution in [-0.4, -0.2) is 47.8 Å². The van der Waals surface area contributed by atoms with Gasteiger partial charge in [-0.3, -0.25) is 13.9 Å². The number of likely N-dealkylation sites (tertiary alicyclic amines) is 1. The lowest BCUT2D eigenvalue weighted by atomic mass is 9.93. The number of benzene rings is 1. The molecule has 0 aliphatic carbocycles. The molecule has 4 aromatic rings. The number of imidazole rings is 1. The van der Waals surface area contributed by atoms with Gasteiger partial charge in [-0.25, -0.2) is 4.79 Å². The fourth-order valence-corrected chi connectivity index (χ4v) is 5.01. The zero-order valence-corrected chi connectivity index (χ0v) is 18.3. The summed E-state index contributed by atoms with van der Waals surface area (Å²) >= 11 is 1.29. The van der Waals surface area contributed by atoms with Crippen molar-refractivity contribution in [2.75, 3.05) is 13.1 Å². The monoisotopic (exact) mass is 438 g/mol. The van der Waals surface area contributed by atoms with Crippen molar-refractivity contribution in [2.24, 2.45) is 14.1 Å². The third-order valence-corrected chi connectivity index (χ3v) is 6.74. The molecule has 1 aliphatic rings. The lowest BCUT2D eigenvalue weighted by Gasteiger charge is -2.32. The van der Waals surface area contributed by atoms with Gasteiger partial charge in [0, 0.05) is 44.7 Å². The van der Waals surface area contributed by atoms with E-state index in [9.17, 15) is 9.59 Å². The summed E-state index contributed by atoms with van der Waals surface area (Å²) in [6.45, 7) is 3.13. The van der Waals surface area contributed by atoms with Gasteiger partial charge in [-0.05, 0) is 49.5 Å². The number of nitrogens with zero attached hydrogens (tertiary/aromatic N) is 6. The Hall–Kier alpha value is -3.27. The van der Waals surface area contributed by atoms with Crippen LogP contribution in [0.25, 0.3) is 21.7 Å². The minimum Gasteiger partial charge on any atom is -0.355 e. The summed E-state index contributed by atoms with van der Waals surface area (Å²) in [4.78, 5) is 28.2. The number of rotatable bonds is 3. The Balaban J connectivity index is 1.42. The number of hydrogen-bond acceptors (Lipinski definition) is 7. The fourth-order valence-electron chi connectivity index (χ4n) is 4.31. The number of hydrogen-bond donors (Lipinski definition) is 0. The van der Waals surface area contributed by atoms with Gasteiger partial charge in [-0.1, -0.05) is 9.64 Å². The van der Waals surface area contributed by atoms with Crippen molar-refractivity contribution >= 4 is 28.5 Å². The highest BCUT2D eigenvalue weighted by Gasteiger charge is 2.30. The van der Waals surface area contributed by atoms with Crippen LogP contribution in [0.15, 0.2) is 33.6 Å². The number of carbonyl (C=O) groups is 1. The minimum absolute atomic E-state index is 0.0387. The zero-order valence-electron chi connectivity index (χ0n) is 17.5. The van der Waals surface area contributed by atoms with E-state index >= 15 is 0 Å². The SMILES string of the molecule is Cc1cc(-c2snnc2[C@@H]2CCCN(C(=O)c3ccc4c(c3)n(C)c(=O)n4C)C2)on1. The summed E-state index contributed by atoms with van der Waals surface area (Å²) in [6.07, 6.45) is 1.82. The number of amides is 1.